The summed E-state index contributed by atoms with van der Waals surface area (Å²) < 4.78 is 1.78. The van der Waals surface area contributed by atoms with Gasteiger partial charge in [0.1, 0.15) is 0 Å². The van der Waals surface area contributed by atoms with Crippen molar-refractivity contribution < 1.29 is 9.90 Å². The van der Waals surface area contributed by atoms with Gasteiger partial charge in [-0.15, -0.1) is 0 Å². The highest BCUT2D eigenvalue weighted by atomic mass is 16.4. The van der Waals surface area contributed by atoms with Gasteiger partial charge in [0.05, 0.1) is 11.6 Å². The Labute approximate surface area is 97.3 Å². The average Bonchev–Trinajstić information content (AvgIpc) is 2.65. The average molecular weight is 232 g/mol. The molecule has 6 nitrogen and oxygen atoms in total. The Bertz CT molecular complexity index is 574. The van der Waals surface area contributed by atoms with Crippen LogP contribution in [0.2, 0.25) is 0 Å². The van der Waals surface area contributed by atoms with E-state index in [9.17, 15) is 4.79 Å². The Morgan fingerprint density at radius 1 is 1.47 bits per heavy atom. The smallest absolute Gasteiger partial charge is 0.374 e. The third kappa shape index (κ3) is 1.75. The van der Waals surface area contributed by atoms with Crippen LogP contribution in [-0.2, 0) is 6.54 Å². The molecule has 0 amide bonds. The highest BCUT2D eigenvalue weighted by Crippen LogP contribution is 2.28. The minimum Gasteiger partial charge on any atom is -0.475 e. The molecule has 3 rings (SSSR count). The minimum atomic E-state index is -1.11. The van der Waals surface area contributed by atoms with Crippen molar-refractivity contribution in [2.24, 2.45) is 5.92 Å². The number of fused-ring (bicyclic) bond motifs is 1. The lowest BCUT2D eigenvalue weighted by Gasteiger charge is -2.25. The Morgan fingerprint density at radius 3 is 2.94 bits per heavy atom. The zero-order chi connectivity index (χ0) is 11.8. The number of aromatic carboxylic acids is 1. The van der Waals surface area contributed by atoms with E-state index >= 15 is 0 Å². The van der Waals surface area contributed by atoms with Gasteiger partial charge < -0.3 is 5.11 Å². The summed E-state index contributed by atoms with van der Waals surface area (Å²) in [6, 6.07) is 0. The maximum absolute atomic E-state index is 10.8. The zero-order valence-corrected chi connectivity index (χ0v) is 9.20. The number of hydrogen-bond donors (Lipinski definition) is 1. The van der Waals surface area contributed by atoms with E-state index in [-0.39, 0.29) is 5.82 Å². The molecule has 0 aliphatic heterocycles. The van der Waals surface area contributed by atoms with Gasteiger partial charge in [-0.3, -0.25) is 0 Å². The van der Waals surface area contributed by atoms with Gasteiger partial charge in [-0.1, -0.05) is 6.42 Å². The molecule has 17 heavy (non-hydrogen) atoms. The van der Waals surface area contributed by atoms with Crippen molar-refractivity contribution >= 4 is 17.0 Å². The predicted molar refractivity (Wildman–Crippen MR) is 59.6 cm³/mol. The standard InChI is InChI=1S/C11H12N4O2/c16-11(17)9-12-4-8-5-13-15(10(8)14-9)6-7-2-1-3-7/h4-5,7H,1-3,6H2,(H,16,17). The number of rotatable bonds is 3. The van der Waals surface area contributed by atoms with Crippen LogP contribution in [0.15, 0.2) is 12.4 Å². The molecule has 1 aliphatic rings. The van der Waals surface area contributed by atoms with Gasteiger partial charge >= 0.3 is 5.97 Å². The van der Waals surface area contributed by atoms with Crippen LogP contribution < -0.4 is 0 Å². The lowest BCUT2D eigenvalue weighted by atomic mass is 9.85. The lowest BCUT2D eigenvalue weighted by molar-refractivity contribution is 0.0684. The molecule has 1 aliphatic carbocycles. The molecule has 6 heteroatoms. The monoisotopic (exact) mass is 232 g/mol. The number of hydrogen-bond acceptors (Lipinski definition) is 4. The quantitative estimate of drug-likeness (QED) is 0.863. The van der Waals surface area contributed by atoms with Crippen molar-refractivity contribution in [3.8, 4) is 0 Å². The summed E-state index contributed by atoms with van der Waals surface area (Å²) in [5.41, 5.74) is 0.615. The zero-order valence-electron chi connectivity index (χ0n) is 9.20. The maximum Gasteiger partial charge on any atom is 0.374 e. The fourth-order valence-corrected chi connectivity index (χ4v) is 2.02. The summed E-state index contributed by atoms with van der Waals surface area (Å²) in [6.45, 7) is 0.819. The van der Waals surface area contributed by atoms with Gasteiger partial charge in [0.15, 0.2) is 5.65 Å². The van der Waals surface area contributed by atoms with Crippen molar-refractivity contribution in [3.05, 3.63) is 18.2 Å². The van der Waals surface area contributed by atoms with Crippen LogP contribution in [0.25, 0.3) is 11.0 Å². The first-order valence-corrected chi connectivity index (χ1v) is 5.66. The lowest BCUT2D eigenvalue weighted by Crippen LogP contribution is -2.19. The van der Waals surface area contributed by atoms with E-state index in [2.05, 4.69) is 15.1 Å². The fraction of sp³-hybridized carbons (Fsp3) is 0.455. The molecule has 0 unspecified atom stereocenters. The van der Waals surface area contributed by atoms with Gasteiger partial charge in [-0.2, -0.15) is 5.10 Å². The highest BCUT2D eigenvalue weighted by Gasteiger charge is 2.20. The maximum atomic E-state index is 10.8. The van der Waals surface area contributed by atoms with Gasteiger partial charge in [0.25, 0.3) is 0 Å². The molecular formula is C11H12N4O2. The Kier molecular flexibility index (Phi) is 2.28. The molecule has 0 radical (unpaired) electrons. The number of carboxylic acid groups (broad SMARTS) is 1. The second-order valence-corrected chi connectivity index (χ2v) is 4.40. The molecule has 0 aromatic carbocycles. The molecule has 0 bridgehead atoms. The normalized spacial score (nSPS) is 16.0. The molecule has 1 saturated carbocycles. The molecule has 2 heterocycles. The molecular weight excluding hydrogens is 220 g/mol. The van der Waals surface area contributed by atoms with E-state index in [1.165, 1.54) is 25.5 Å². The predicted octanol–water partition coefficient (Wildman–Crippen LogP) is 1.32. The molecule has 0 saturated heterocycles. The van der Waals surface area contributed by atoms with Crippen LogP contribution >= 0.6 is 0 Å². The van der Waals surface area contributed by atoms with Crippen molar-refractivity contribution in [1.82, 2.24) is 19.7 Å². The molecule has 1 N–H and O–H groups in total. The van der Waals surface area contributed by atoms with E-state index < -0.39 is 5.97 Å². The van der Waals surface area contributed by atoms with Crippen LogP contribution in [-0.4, -0.2) is 30.8 Å². The second-order valence-electron chi connectivity index (χ2n) is 4.40. The molecule has 1 fully saturated rings. The first-order chi connectivity index (χ1) is 8.24. The summed E-state index contributed by atoms with van der Waals surface area (Å²) in [5.74, 6) is -0.627. The summed E-state index contributed by atoms with van der Waals surface area (Å²) in [6.07, 6.45) is 6.91. The summed E-state index contributed by atoms with van der Waals surface area (Å²) >= 11 is 0. The summed E-state index contributed by atoms with van der Waals surface area (Å²) in [7, 11) is 0. The SMILES string of the molecule is O=C(O)c1ncc2cnn(CC3CCC3)c2n1. The molecule has 0 spiro atoms. The minimum absolute atomic E-state index is 0.173. The Balaban J connectivity index is 1.99. The van der Waals surface area contributed by atoms with E-state index in [1.54, 1.807) is 10.9 Å². The van der Waals surface area contributed by atoms with Crippen molar-refractivity contribution in [3.63, 3.8) is 0 Å². The molecule has 0 atom stereocenters. The third-order valence-corrected chi connectivity index (χ3v) is 3.22. The van der Waals surface area contributed by atoms with Gasteiger partial charge in [0, 0.05) is 12.7 Å². The summed E-state index contributed by atoms with van der Waals surface area (Å²) in [5, 5.41) is 13.9. The molecule has 2 aromatic heterocycles. The van der Waals surface area contributed by atoms with E-state index in [4.69, 9.17) is 5.11 Å². The Morgan fingerprint density at radius 2 is 2.29 bits per heavy atom. The van der Waals surface area contributed by atoms with Gasteiger partial charge in [0.2, 0.25) is 5.82 Å². The van der Waals surface area contributed by atoms with Gasteiger partial charge in [-0.05, 0) is 18.8 Å². The highest BCUT2D eigenvalue weighted by molar-refractivity contribution is 5.86. The first-order valence-electron chi connectivity index (χ1n) is 5.66. The fourth-order valence-electron chi connectivity index (χ4n) is 2.02. The second kappa shape index (κ2) is 3.80. The van der Waals surface area contributed by atoms with E-state index in [0.717, 1.165) is 11.9 Å². The number of carboxylic acids is 1. The molecule has 2 aromatic rings. The first kappa shape index (κ1) is 10.2. The van der Waals surface area contributed by atoms with Crippen LogP contribution in [0.1, 0.15) is 29.9 Å². The number of nitrogens with zero attached hydrogens (tertiary/aromatic N) is 4. The summed E-state index contributed by atoms with van der Waals surface area (Å²) in [4.78, 5) is 18.6. The van der Waals surface area contributed by atoms with E-state index in [0.29, 0.717) is 11.6 Å². The number of carbonyl (C=O) groups is 1. The van der Waals surface area contributed by atoms with E-state index in [1.807, 2.05) is 0 Å². The largest absolute Gasteiger partial charge is 0.475 e. The molecule has 88 valence electrons. The van der Waals surface area contributed by atoms with Gasteiger partial charge in [-0.25, -0.2) is 19.4 Å². The van der Waals surface area contributed by atoms with Crippen molar-refractivity contribution in [1.29, 1.82) is 0 Å². The topological polar surface area (TPSA) is 80.9 Å². The van der Waals surface area contributed by atoms with Crippen LogP contribution in [0.4, 0.5) is 0 Å². The van der Waals surface area contributed by atoms with Crippen LogP contribution in [0.3, 0.4) is 0 Å². The Hall–Kier alpha value is -1.98. The van der Waals surface area contributed by atoms with Crippen molar-refractivity contribution in [2.75, 3.05) is 0 Å². The van der Waals surface area contributed by atoms with Crippen LogP contribution in [0.5, 0.6) is 0 Å². The van der Waals surface area contributed by atoms with Crippen LogP contribution in [0, 0.1) is 5.92 Å². The van der Waals surface area contributed by atoms with Crippen molar-refractivity contribution in [2.45, 2.75) is 25.8 Å². The third-order valence-electron chi connectivity index (χ3n) is 3.22. The number of aromatic nitrogens is 4.